The van der Waals surface area contributed by atoms with E-state index in [1.54, 1.807) is 0 Å². The monoisotopic (exact) mass is 168 g/mol. The molecule has 0 aromatic carbocycles. The summed E-state index contributed by atoms with van der Waals surface area (Å²) in [6.45, 7) is 4.25. The molecule has 12 heavy (non-hydrogen) atoms. The van der Waals surface area contributed by atoms with Crippen molar-refractivity contribution in [1.82, 2.24) is 0 Å². The van der Waals surface area contributed by atoms with Crippen LogP contribution in [-0.4, -0.2) is 12.1 Å². The van der Waals surface area contributed by atoms with Crippen molar-refractivity contribution in [3.63, 3.8) is 0 Å². The minimum absolute atomic E-state index is 0.0269. The van der Waals surface area contributed by atoms with E-state index in [2.05, 4.69) is 6.92 Å². The van der Waals surface area contributed by atoms with Crippen LogP contribution >= 0.6 is 0 Å². The second kappa shape index (κ2) is 2.75. The van der Waals surface area contributed by atoms with Crippen LogP contribution in [0.25, 0.3) is 0 Å². The van der Waals surface area contributed by atoms with Gasteiger partial charge in [0, 0.05) is 5.92 Å². The molecule has 0 aromatic rings. The largest absolute Gasteiger partial charge is 0.462 e. The van der Waals surface area contributed by atoms with Gasteiger partial charge in [0.15, 0.2) is 0 Å². The molecule has 2 heteroatoms. The highest BCUT2D eigenvalue weighted by Gasteiger charge is 2.43. The standard InChI is InChI=1S/C10H16O2/c1-6-3-4-8-7(2)10(11)12-9(8)5-6/h6-9H,3-5H2,1-2H3/t6-,7+,8-,9+/m1/s1. The second-order valence-electron chi connectivity index (χ2n) is 4.35. The molecule has 4 atom stereocenters. The summed E-state index contributed by atoms with van der Waals surface area (Å²) in [6.07, 6.45) is 3.78. The number of rotatable bonds is 0. The molecule has 0 N–H and O–H groups in total. The van der Waals surface area contributed by atoms with E-state index >= 15 is 0 Å². The van der Waals surface area contributed by atoms with Crippen molar-refractivity contribution < 1.29 is 9.53 Å². The van der Waals surface area contributed by atoms with E-state index in [0.717, 1.165) is 12.3 Å². The van der Waals surface area contributed by atoms with Crippen molar-refractivity contribution in [2.75, 3.05) is 0 Å². The highest BCUT2D eigenvalue weighted by Crippen LogP contribution is 2.40. The van der Waals surface area contributed by atoms with Crippen LogP contribution in [0.2, 0.25) is 0 Å². The van der Waals surface area contributed by atoms with Gasteiger partial charge in [0.05, 0.1) is 5.92 Å². The Hall–Kier alpha value is -0.530. The molecule has 0 amide bonds. The number of hydrogen-bond acceptors (Lipinski definition) is 2. The van der Waals surface area contributed by atoms with Crippen molar-refractivity contribution in [1.29, 1.82) is 0 Å². The molecule has 1 heterocycles. The number of fused-ring (bicyclic) bond motifs is 1. The summed E-state index contributed by atoms with van der Waals surface area (Å²) in [5.41, 5.74) is 0. The fourth-order valence-corrected chi connectivity index (χ4v) is 2.49. The zero-order chi connectivity index (χ0) is 8.72. The van der Waals surface area contributed by atoms with Crippen molar-refractivity contribution in [3.05, 3.63) is 0 Å². The topological polar surface area (TPSA) is 26.3 Å². The summed E-state index contributed by atoms with van der Waals surface area (Å²) in [5, 5.41) is 0. The molecule has 2 aliphatic rings. The lowest BCUT2D eigenvalue weighted by atomic mass is 9.77. The average Bonchev–Trinajstić information content (AvgIpc) is 2.28. The molecule has 0 spiro atoms. The van der Waals surface area contributed by atoms with Crippen LogP contribution in [0.15, 0.2) is 0 Å². The molecule has 1 saturated heterocycles. The molecule has 2 rings (SSSR count). The maximum absolute atomic E-state index is 11.2. The first-order valence-corrected chi connectivity index (χ1v) is 4.89. The van der Waals surface area contributed by atoms with Crippen LogP contribution in [-0.2, 0) is 9.53 Å². The van der Waals surface area contributed by atoms with Crippen LogP contribution < -0.4 is 0 Å². The summed E-state index contributed by atoms with van der Waals surface area (Å²) in [6, 6.07) is 0. The molecule has 1 aliphatic carbocycles. The normalized spacial score (nSPS) is 47.0. The van der Waals surface area contributed by atoms with E-state index in [-0.39, 0.29) is 18.0 Å². The van der Waals surface area contributed by atoms with E-state index in [0.29, 0.717) is 5.92 Å². The van der Waals surface area contributed by atoms with E-state index in [1.807, 2.05) is 6.92 Å². The van der Waals surface area contributed by atoms with Crippen LogP contribution in [0.1, 0.15) is 33.1 Å². The molecule has 1 aliphatic heterocycles. The Bertz CT molecular complexity index is 200. The molecule has 0 unspecified atom stereocenters. The first-order valence-electron chi connectivity index (χ1n) is 4.89. The molecule has 0 aromatic heterocycles. The van der Waals surface area contributed by atoms with Crippen LogP contribution in [0, 0.1) is 17.8 Å². The van der Waals surface area contributed by atoms with Crippen molar-refractivity contribution >= 4 is 5.97 Å². The smallest absolute Gasteiger partial charge is 0.309 e. The lowest BCUT2D eigenvalue weighted by molar-refractivity contribution is -0.144. The lowest BCUT2D eigenvalue weighted by Gasteiger charge is -2.28. The fourth-order valence-electron chi connectivity index (χ4n) is 2.49. The number of hydrogen-bond donors (Lipinski definition) is 0. The Kier molecular flexibility index (Phi) is 1.85. The van der Waals surface area contributed by atoms with Gasteiger partial charge in [-0.3, -0.25) is 4.79 Å². The summed E-state index contributed by atoms with van der Waals surface area (Å²) >= 11 is 0. The van der Waals surface area contributed by atoms with Crippen LogP contribution in [0.4, 0.5) is 0 Å². The average molecular weight is 168 g/mol. The van der Waals surface area contributed by atoms with E-state index < -0.39 is 0 Å². The van der Waals surface area contributed by atoms with Gasteiger partial charge in [-0.2, -0.15) is 0 Å². The molecule has 68 valence electrons. The van der Waals surface area contributed by atoms with Gasteiger partial charge in [0.1, 0.15) is 6.10 Å². The molecule has 0 bridgehead atoms. The van der Waals surface area contributed by atoms with E-state index in [9.17, 15) is 4.79 Å². The Labute approximate surface area is 73.3 Å². The van der Waals surface area contributed by atoms with Crippen molar-refractivity contribution in [3.8, 4) is 0 Å². The maximum Gasteiger partial charge on any atom is 0.309 e. The third-order valence-electron chi connectivity index (χ3n) is 3.39. The number of esters is 1. The summed E-state index contributed by atoms with van der Waals surface area (Å²) in [5.74, 6) is 1.44. The third kappa shape index (κ3) is 1.13. The highest BCUT2D eigenvalue weighted by atomic mass is 16.6. The SMILES string of the molecule is C[C@@H]1CC[C@H]2[C@H](C1)OC(=O)[C@H]2C. The number of ether oxygens (including phenoxy) is 1. The molecule has 2 nitrogen and oxygen atoms in total. The van der Waals surface area contributed by atoms with Crippen LogP contribution in [0.3, 0.4) is 0 Å². The summed E-state index contributed by atoms with van der Waals surface area (Å²) in [7, 11) is 0. The van der Waals surface area contributed by atoms with Gasteiger partial charge in [-0.1, -0.05) is 20.3 Å². The summed E-state index contributed by atoms with van der Waals surface area (Å²) in [4.78, 5) is 11.2. The van der Waals surface area contributed by atoms with Gasteiger partial charge < -0.3 is 4.74 Å². The first-order chi connectivity index (χ1) is 5.68. The summed E-state index contributed by atoms with van der Waals surface area (Å²) < 4.78 is 5.31. The minimum atomic E-state index is 0.0269. The van der Waals surface area contributed by atoms with Gasteiger partial charge in [0.2, 0.25) is 0 Å². The zero-order valence-corrected chi connectivity index (χ0v) is 7.75. The highest BCUT2D eigenvalue weighted by molar-refractivity contribution is 5.74. The molecular weight excluding hydrogens is 152 g/mol. The number of carbonyl (C=O) groups excluding carboxylic acids is 1. The molecule has 2 fully saturated rings. The third-order valence-corrected chi connectivity index (χ3v) is 3.39. The van der Waals surface area contributed by atoms with Crippen molar-refractivity contribution in [2.24, 2.45) is 17.8 Å². The van der Waals surface area contributed by atoms with E-state index in [1.165, 1.54) is 12.8 Å². The van der Waals surface area contributed by atoms with Gasteiger partial charge in [0.25, 0.3) is 0 Å². The zero-order valence-electron chi connectivity index (χ0n) is 7.75. The lowest BCUT2D eigenvalue weighted by Crippen LogP contribution is -2.27. The van der Waals surface area contributed by atoms with Gasteiger partial charge >= 0.3 is 5.97 Å². The van der Waals surface area contributed by atoms with Gasteiger partial charge in [-0.05, 0) is 18.8 Å². The molecular formula is C10H16O2. The van der Waals surface area contributed by atoms with Crippen LogP contribution in [0.5, 0.6) is 0 Å². The fraction of sp³-hybridized carbons (Fsp3) is 0.900. The Morgan fingerprint density at radius 3 is 2.83 bits per heavy atom. The second-order valence-corrected chi connectivity index (χ2v) is 4.35. The van der Waals surface area contributed by atoms with Crippen molar-refractivity contribution in [2.45, 2.75) is 39.2 Å². The predicted molar refractivity (Wildman–Crippen MR) is 45.5 cm³/mol. The van der Waals surface area contributed by atoms with E-state index in [4.69, 9.17) is 4.74 Å². The molecule has 0 radical (unpaired) electrons. The Morgan fingerprint density at radius 2 is 2.08 bits per heavy atom. The first kappa shape index (κ1) is 8.09. The Morgan fingerprint density at radius 1 is 1.33 bits per heavy atom. The number of carbonyl (C=O) groups is 1. The minimum Gasteiger partial charge on any atom is -0.462 e. The Balaban J connectivity index is 2.09. The predicted octanol–water partition coefficient (Wildman–Crippen LogP) is 1.98. The quantitative estimate of drug-likeness (QED) is 0.517. The van der Waals surface area contributed by atoms with Gasteiger partial charge in [-0.15, -0.1) is 0 Å². The molecule has 1 saturated carbocycles. The van der Waals surface area contributed by atoms with Gasteiger partial charge in [-0.25, -0.2) is 0 Å². The maximum atomic E-state index is 11.2.